The Balaban J connectivity index is 1.99. The lowest BCUT2D eigenvalue weighted by Gasteiger charge is -2.29. The molecule has 6 nitrogen and oxygen atoms in total. The van der Waals surface area contributed by atoms with Crippen molar-refractivity contribution in [2.24, 2.45) is 0 Å². The molecule has 0 spiro atoms. The number of nitrogens with one attached hydrogen (secondary N) is 1. The van der Waals surface area contributed by atoms with Gasteiger partial charge in [0.15, 0.2) is 0 Å². The van der Waals surface area contributed by atoms with Gasteiger partial charge in [-0.2, -0.15) is 13.2 Å². The Morgan fingerprint density at radius 1 is 1.39 bits per heavy atom. The summed E-state index contributed by atoms with van der Waals surface area (Å²) in [6.45, 7) is 0. The first-order valence-corrected chi connectivity index (χ1v) is 6.78. The molecule has 1 aliphatic rings. The number of non-ortho nitro benzene ring substituents is 1. The Morgan fingerprint density at radius 3 is 2.57 bits per heavy atom. The number of alkyl halides is 3. The van der Waals surface area contributed by atoms with Crippen molar-refractivity contribution < 1.29 is 22.9 Å². The highest BCUT2D eigenvalue weighted by Gasteiger charge is 2.67. The van der Waals surface area contributed by atoms with Crippen LogP contribution >= 0.6 is 0 Å². The van der Waals surface area contributed by atoms with Crippen LogP contribution in [0.15, 0.2) is 24.3 Å². The van der Waals surface area contributed by atoms with Crippen LogP contribution in [-0.4, -0.2) is 39.5 Å². The van der Waals surface area contributed by atoms with E-state index in [0.717, 1.165) is 7.05 Å². The third-order valence-electron chi connectivity index (χ3n) is 4.26. The molecule has 122 valence electrons. The van der Waals surface area contributed by atoms with Crippen molar-refractivity contribution in [3.63, 3.8) is 0 Å². The molecule has 0 atom stereocenters. The highest BCUT2D eigenvalue weighted by atomic mass is 19.4. The first-order valence-electron chi connectivity index (χ1n) is 6.78. The minimum Gasteiger partial charge on any atom is -0.345 e. The maximum Gasteiger partial charge on any atom is 0.411 e. The summed E-state index contributed by atoms with van der Waals surface area (Å²) < 4.78 is 39.3. The molecule has 0 bridgehead atoms. The molecule has 1 aromatic carbocycles. The molecule has 23 heavy (non-hydrogen) atoms. The second-order valence-electron chi connectivity index (χ2n) is 5.58. The number of halogens is 3. The molecule has 1 amide bonds. The van der Waals surface area contributed by atoms with E-state index in [1.165, 1.54) is 18.2 Å². The fourth-order valence-corrected chi connectivity index (χ4v) is 2.71. The van der Waals surface area contributed by atoms with Crippen LogP contribution in [0.3, 0.4) is 0 Å². The summed E-state index contributed by atoms with van der Waals surface area (Å²) in [7, 11) is 1.10. The van der Waals surface area contributed by atoms with Gasteiger partial charge in [-0.15, -0.1) is 0 Å². The molecule has 3 rings (SSSR count). The SMILES string of the molecule is CN(C(=O)c1cc2cccc([N+](=O)[O-])c2[nH]1)C1(C(F)(F)F)CC1. The number of benzene rings is 1. The van der Waals surface area contributed by atoms with E-state index >= 15 is 0 Å². The monoisotopic (exact) mass is 327 g/mol. The zero-order chi connectivity index (χ0) is 17.0. The Morgan fingerprint density at radius 2 is 2.04 bits per heavy atom. The number of carbonyl (C=O) groups is 1. The van der Waals surface area contributed by atoms with E-state index in [1.807, 2.05) is 0 Å². The van der Waals surface area contributed by atoms with Gasteiger partial charge in [-0.1, -0.05) is 12.1 Å². The molecule has 0 radical (unpaired) electrons. The van der Waals surface area contributed by atoms with Gasteiger partial charge in [-0.25, -0.2) is 0 Å². The second-order valence-corrected chi connectivity index (χ2v) is 5.58. The van der Waals surface area contributed by atoms with E-state index in [2.05, 4.69) is 4.98 Å². The fraction of sp³-hybridized carbons (Fsp3) is 0.357. The van der Waals surface area contributed by atoms with Crippen LogP contribution in [0.5, 0.6) is 0 Å². The summed E-state index contributed by atoms with van der Waals surface area (Å²) >= 11 is 0. The zero-order valence-corrected chi connectivity index (χ0v) is 12.0. The largest absolute Gasteiger partial charge is 0.411 e. The summed E-state index contributed by atoms with van der Waals surface area (Å²) in [5.41, 5.74) is -2.35. The molecule has 0 unspecified atom stereocenters. The predicted octanol–water partition coefficient (Wildman–Crippen LogP) is 3.24. The number of nitro benzene ring substituents is 1. The number of rotatable bonds is 3. The second kappa shape index (κ2) is 4.71. The van der Waals surface area contributed by atoms with Gasteiger partial charge >= 0.3 is 6.18 Å². The van der Waals surface area contributed by atoms with Gasteiger partial charge in [0.2, 0.25) is 0 Å². The molecule has 2 aromatic rings. The molecule has 0 aliphatic heterocycles. The number of aromatic amines is 1. The summed E-state index contributed by atoms with van der Waals surface area (Å²) in [5, 5.41) is 11.4. The minimum atomic E-state index is -4.50. The minimum absolute atomic E-state index is 0.104. The van der Waals surface area contributed by atoms with E-state index in [4.69, 9.17) is 0 Å². The molecule has 1 aliphatic carbocycles. The first-order chi connectivity index (χ1) is 10.7. The van der Waals surface area contributed by atoms with E-state index in [0.29, 0.717) is 10.3 Å². The molecule has 0 saturated heterocycles. The van der Waals surface area contributed by atoms with Crippen molar-refractivity contribution in [1.29, 1.82) is 0 Å². The lowest BCUT2D eigenvalue weighted by Crippen LogP contribution is -2.49. The number of hydrogen-bond donors (Lipinski definition) is 1. The lowest BCUT2D eigenvalue weighted by atomic mass is 10.2. The normalized spacial score (nSPS) is 16.3. The third-order valence-corrected chi connectivity index (χ3v) is 4.26. The van der Waals surface area contributed by atoms with Crippen molar-refractivity contribution >= 4 is 22.5 Å². The highest BCUT2D eigenvalue weighted by Crippen LogP contribution is 2.53. The van der Waals surface area contributed by atoms with Crippen molar-refractivity contribution in [2.75, 3.05) is 7.05 Å². The van der Waals surface area contributed by atoms with Gasteiger partial charge in [0.25, 0.3) is 11.6 Å². The molecule has 1 heterocycles. The predicted molar refractivity (Wildman–Crippen MR) is 75.1 cm³/mol. The molecular formula is C14H12F3N3O3. The number of hydrogen-bond acceptors (Lipinski definition) is 3. The quantitative estimate of drug-likeness (QED) is 0.694. The third kappa shape index (κ3) is 2.23. The van der Waals surface area contributed by atoms with Crippen LogP contribution in [0.25, 0.3) is 10.9 Å². The first kappa shape index (κ1) is 15.3. The van der Waals surface area contributed by atoms with Crippen molar-refractivity contribution in [3.8, 4) is 0 Å². The van der Waals surface area contributed by atoms with Gasteiger partial charge in [0.05, 0.1) is 4.92 Å². The van der Waals surface area contributed by atoms with E-state index in [1.54, 1.807) is 6.07 Å². The smallest absolute Gasteiger partial charge is 0.345 e. The van der Waals surface area contributed by atoms with Gasteiger partial charge in [-0.05, 0) is 18.9 Å². The number of para-hydroxylation sites is 1. The van der Waals surface area contributed by atoms with Crippen molar-refractivity contribution in [1.82, 2.24) is 9.88 Å². The molecule has 9 heteroatoms. The summed E-state index contributed by atoms with van der Waals surface area (Å²) in [6, 6.07) is 5.58. The summed E-state index contributed by atoms with van der Waals surface area (Å²) in [5.74, 6) is -0.842. The van der Waals surface area contributed by atoms with Crippen LogP contribution in [0.2, 0.25) is 0 Å². The van der Waals surface area contributed by atoms with Gasteiger partial charge in [-0.3, -0.25) is 14.9 Å². The van der Waals surface area contributed by atoms with Crippen LogP contribution < -0.4 is 0 Å². The molecule has 1 N–H and O–H groups in total. The van der Waals surface area contributed by atoms with Crippen LogP contribution in [-0.2, 0) is 0 Å². The van der Waals surface area contributed by atoms with Crippen molar-refractivity contribution in [3.05, 3.63) is 40.1 Å². The summed E-state index contributed by atoms with van der Waals surface area (Å²) in [6.07, 6.45) is -4.78. The van der Waals surface area contributed by atoms with Crippen LogP contribution in [0, 0.1) is 10.1 Å². The molecule has 1 saturated carbocycles. The maximum absolute atomic E-state index is 13.1. The number of H-pyrrole nitrogens is 1. The average Bonchev–Trinajstić information content (AvgIpc) is 3.18. The molecular weight excluding hydrogens is 315 g/mol. The van der Waals surface area contributed by atoms with Crippen molar-refractivity contribution in [2.45, 2.75) is 24.6 Å². The molecule has 1 aromatic heterocycles. The Hall–Kier alpha value is -2.58. The number of nitro groups is 1. The van der Waals surface area contributed by atoms with Crippen LogP contribution in [0.1, 0.15) is 23.3 Å². The van der Waals surface area contributed by atoms with E-state index < -0.39 is 22.5 Å². The number of aromatic nitrogens is 1. The topological polar surface area (TPSA) is 79.2 Å². The number of amides is 1. The highest BCUT2D eigenvalue weighted by molar-refractivity contribution is 6.00. The Bertz CT molecular complexity index is 808. The van der Waals surface area contributed by atoms with Gasteiger partial charge in [0.1, 0.15) is 16.7 Å². The standard InChI is InChI=1S/C14H12F3N3O3/c1-19(13(5-6-13)14(15,16)17)12(21)9-7-8-3-2-4-10(20(22)23)11(8)18-9/h2-4,7,18H,5-6H2,1H3. The number of fused-ring (bicyclic) bond motifs is 1. The lowest BCUT2D eigenvalue weighted by molar-refractivity contribution is -0.383. The van der Waals surface area contributed by atoms with E-state index in [-0.39, 0.29) is 29.7 Å². The number of carbonyl (C=O) groups excluding carboxylic acids is 1. The average molecular weight is 327 g/mol. The Kier molecular flexibility index (Phi) is 3.13. The fourth-order valence-electron chi connectivity index (χ4n) is 2.71. The van der Waals surface area contributed by atoms with E-state index in [9.17, 15) is 28.1 Å². The zero-order valence-electron chi connectivity index (χ0n) is 12.0. The Labute approximate surface area is 128 Å². The van der Waals surface area contributed by atoms with Gasteiger partial charge in [0, 0.05) is 18.5 Å². The van der Waals surface area contributed by atoms with Gasteiger partial charge < -0.3 is 9.88 Å². The van der Waals surface area contributed by atoms with Crippen LogP contribution in [0.4, 0.5) is 18.9 Å². The maximum atomic E-state index is 13.1. The molecule has 1 fully saturated rings. The number of nitrogens with zero attached hydrogens (tertiary/aromatic N) is 2. The summed E-state index contributed by atoms with van der Waals surface area (Å²) in [4.78, 5) is 26.0.